The SMILES string of the molecule is COc1cc(-n2cc(CNCC3CC3)nn2)ccc1F. The maximum absolute atomic E-state index is 13.4. The molecule has 0 atom stereocenters. The van der Waals surface area contributed by atoms with Crippen LogP contribution in [-0.2, 0) is 6.54 Å². The van der Waals surface area contributed by atoms with E-state index in [0.29, 0.717) is 6.54 Å². The van der Waals surface area contributed by atoms with Crippen molar-refractivity contribution in [2.75, 3.05) is 13.7 Å². The molecule has 1 heterocycles. The summed E-state index contributed by atoms with van der Waals surface area (Å²) in [6.45, 7) is 1.74. The molecule has 106 valence electrons. The monoisotopic (exact) mass is 276 g/mol. The first kappa shape index (κ1) is 13.1. The van der Waals surface area contributed by atoms with Crippen molar-refractivity contribution in [2.45, 2.75) is 19.4 Å². The summed E-state index contributed by atoms with van der Waals surface area (Å²) in [6.07, 6.45) is 4.50. The fourth-order valence-electron chi connectivity index (χ4n) is 2.02. The lowest BCUT2D eigenvalue weighted by molar-refractivity contribution is 0.386. The van der Waals surface area contributed by atoms with E-state index >= 15 is 0 Å². The Bertz CT molecular complexity index is 595. The van der Waals surface area contributed by atoms with Gasteiger partial charge in [-0.05, 0) is 37.4 Å². The summed E-state index contributed by atoms with van der Waals surface area (Å²) in [4.78, 5) is 0. The minimum atomic E-state index is -0.386. The van der Waals surface area contributed by atoms with Crippen LogP contribution in [-0.4, -0.2) is 28.6 Å². The third kappa shape index (κ3) is 2.96. The second-order valence-electron chi connectivity index (χ2n) is 5.05. The van der Waals surface area contributed by atoms with Gasteiger partial charge in [0.25, 0.3) is 0 Å². The summed E-state index contributed by atoms with van der Waals surface area (Å²) in [5, 5.41) is 11.5. The topological polar surface area (TPSA) is 52.0 Å². The van der Waals surface area contributed by atoms with E-state index in [2.05, 4.69) is 15.6 Å². The predicted octanol–water partition coefficient (Wildman–Crippen LogP) is 1.91. The van der Waals surface area contributed by atoms with E-state index in [4.69, 9.17) is 4.74 Å². The van der Waals surface area contributed by atoms with E-state index in [1.54, 1.807) is 16.8 Å². The molecule has 0 spiro atoms. The number of halogens is 1. The zero-order valence-electron chi connectivity index (χ0n) is 11.3. The number of hydrogen-bond acceptors (Lipinski definition) is 4. The van der Waals surface area contributed by atoms with Crippen molar-refractivity contribution in [3.63, 3.8) is 0 Å². The average molecular weight is 276 g/mol. The number of nitrogens with one attached hydrogen (secondary N) is 1. The minimum Gasteiger partial charge on any atom is -0.494 e. The molecule has 1 aliphatic carbocycles. The van der Waals surface area contributed by atoms with Gasteiger partial charge in [-0.15, -0.1) is 5.10 Å². The van der Waals surface area contributed by atoms with Crippen molar-refractivity contribution in [1.29, 1.82) is 0 Å². The molecule has 20 heavy (non-hydrogen) atoms. The molecule has 1 saturated carbocycles. The standard InChI is InChI=1S/C14H17FN4O/c1-20-14-6-12(4-5-13(14)15)19-9-11(17-18-19)8-16-7-10-2-3-10/h4-6,9-10,16H,2-3,7-8H2,1H3. The largest absolute Gasteiger partial charge is 0.494 e. The van der Waals surface area contributed by atoms with Gasteiger partial charge in [-0.3, -0.25) is 0 Å². The van der Waals surface area contributed by atoms with Crippen LogP contribution in [0.15, 0.2) is 24.4 Å². The van der Waals surface area contributed by atoms with Crippen molar-refractivity contribution in [1.82, 2.24) is 20.3 Å². The van der Waals surface area contributed by atoms with Gasteiger partial charge in [0, 0.05) is 12.6 Å². The lowest BCUT2D eigenvalue weighted by Crippen LogP contribution is -2.16. The molecular formula is C14H17FN4O. The van der Waals surface area contributed by atoms with E-state index < -0.39 is 0 Å². The highest BCUT2D eigenvalue weighted by Crippen LogP contribution is 2.27. The predicted molar refractivity (Wildman–Crippen MR) is 72.3 cm³/mol. The highest BCUT2D eigenvalue weighted by Gasteiger charge is 2.20. The number of methoxy groups -OCH3 is 1. The van der Waals surface area contributed by atoms with Crippen molar-refractivity contribution in [3.8, 4) is 11.4 Å². The third-order valence-electron chi connectivity index (χ3n) is 3.38. The van der Waals surface area contributed by atoms with Crippen molar-refractivity contribution in [2.24, 2.45) is 5.92 Å². The number of rotatable bonds is 6. The summed E-state index contributed by atoms with van der Waals surface area (Å²) >= 11 is 0. The normalized spacial score (nSPS) is 14.5. The Kier molecular flexibility index (Phi) is 3.64. The van der Waals surface area contributed by atoms with Gasteiger partial charge in [-0.2, -0.15) is 0 Å². The van der Waals surface area contributed by atoms with Gasteiger partial charge in [0.1, 0.15) is 0 Å². The second-order valence-corrected chi connectivity index (χ2v) is 5.05. The Labute approximate surface area is 116 Å². The molecule has 1 aromatic heterocycles. The van der Waals surface area contributed by atoms with Crippen molar-refractivity contribution < 1.29 is 9.13 Å². The molecule has 1 fully saturated rings. The Morgan fingerprint density at radius 3 is 3.05 bits per heavy atom. The first-order valence-electron chi connectivity index (χ1n) is 6.72. The number of ether oxygens (including phenoxy) is 1. The highest BCUT2D eigenvalue weighted by atomic mass is 19.1. The van der Waals surface area contributed by atoms with E-state index in [-0.39, 0.29) is 11.6 Å². The van der Waals surface area contributed by atoms with Crippen LogP contribution in [0.25, 0.3) is 5.69 Å². The fourth-order valence-corrected chi connectivity index (χ4v) is 2.02. The van der Waals surface area contributed by atoms with Gasteiger partial charge in [0.05, 0.1) is 24.7 Å². The Balaban J connectivity index is 1.68. The maximum Gasteiger partial charge on any atom is 0.165 e. The summed E-state index contributed by atoms with van der Waals surface area (Å²) in [5.41, 5.74) is 1.60. The molecule has 5 nitrogen and oxygen atoms in total. The van der Waals surface area contributed by atoms with Crippen LogP contribution in [0.1, 0.15) is 18.5 Å². The summed E-state index contributed by atoms with van der Waals surface area (Å²) in [6, 6.07) is 4.61. The molecule has 0 saturated heterocycles. The van der Waals surface area contributed by atoms with Gasteiger partial charge in [-0.1, -0.05) is 5.21 Å². The fraction of sp³-hybridized carbons (Fsp3) is 0.429. The van der Waals surface area contributed by atoms with Gasteiger partial charge in [-0.25, -0.2) is 9.07 Å². The first-order valence-corrected chi connectivity index (χ1v) is 6.72. The molecule has 0 aliphatic heterocycles. The van der Waals surface area contributed by atoms with Crippen LogP contribution in [0, 0.1) is 11.7 Å². The highest BCUT2D eigenvalue weighted by molar-refractivity contribution is 5.39. The number of aromatic nitrogens is 3. The molecule has 1 N–H and O–H groups in total. The molecule has 1 aromatic carbocycles. The average Bonchev–Trinajstić information content (AvgIpc) is 3.16. The van der Waals surface area contributed by atoms with Crippen LogP contribution < -0.4 is 10.1 Å². The maximum atomic E-state index is 13.4. The molecule has 0 radical (unpaired) electrons. The molecule has 2 aromatic rings. The minimum absolute atomic E-state index is 0.200. The van der Waals surface area contributed by atoms with Gasteiger partial charge in [0.15, 0.2) is 11.6 Å². The Hall–Kier alpha value is -1.95. The molecule has 3 rings (SSSR count). The molecule has 0 unspecified atom stereocenters. The van der Waals surface area contributed by atoms with Gasteiger partial charge < -0.3 is 10.1 Å². The number of nitrogens with zero attached hydrogens (tertiary/aromatic N) is 3. The Morgan fingerprint density at radius 2 is 2.30 bits per heavy atom. The molecule has 0 bridgehead atoms. The summed E-state index contributed by atoms with van der Waals surface area (Å²) in [5.74, 6) is 0.653. The first-order chi connectivity index (χ1) is 9.76. The summed E-state index contributed by atoms with van der Waals surface area (Å²) in [7, 11) is 1.44. The van der Waals surface area contributed by atoms with Crippen LogP contribution in [0.3, 0.4) is 0 Å². The molecule has 0 amide bonds. The lowest BCUT2D eigenvalue weighted by Gasteiger charge is -2.04. The summed E-state index contributed by atoms with van der Waals surface area (Å²) < 4.78 is 19.9. The van der Waals surface area contributed by atoms with Crippen LogP contribution in [0.4, 0.5) is 4.39 Å². The Morgan fingerprint density at radius 1 is 1.45 bits per heavy atom. The molecular weight excluding hydrogens is 259 g/mol. The smallest absolute Gasteiger partial charge is 0.165 e. The lowest BCUT2D eigenvalue weighted by atomic mass is 10.3. The van der Waals surface area contributed by atoms with Crippen molar-refractivity contribution >= 4 is 0 Å². The van der Waals surface area contributed by atoms with E-state index in [9.17, 15) is 4.39 Å². The van der Waals surface area contributed by atoms with Gasteiger partial charge in [0.2, 0.25) is 0 Å². The van der Waals surface area contributed by atoms with E-state index in [1.807, 2.05) is 6.20 Å². The van der Waals surface area contributed by atoms with Crippen molar-refractivity contribution in [3.05, 3.63) is 35.9 Å². The van der Waals surface area contributed by atoms with Crippen LogP contribution >= 0.6 is 0 Å². The zero-order chi connectivity index (χ0) is 13.9. The number of benzene rings is 1. The zero-order valence-corrected chi connectivity index (χ0v) is 11.3. The quantitative estimate of drug-likeness (QED) is 0.875. The third-order valence-corrected chi connectivity index (χ3v) is 3.38. The van der Waals surface area contributed by atoms with E-state index in [0.717, 1.165) is 23.8 Å². The molecule has 1 aliphatic rings. The van der Waals surface area contributed by atoms with Crippen LogP contribution in [0.2, 0.25) is 0 Å². The number of hydrogen-bond donors (Lipinski definition) is 1. The second kappa shape index (κ2) is 5.58. The van der Waals surface area contributed by atoms with Crippen LogP contribution in [0.5, 0.6) is 5.75 Å². The van der Waals surface area contributed by atoms with Gasteiger partial charge >= 0.3 is 0 Å². The molecule has 6 heteroatoms. The van der Waals surface area contributed by atoms with E-state index in [1.165, 1.54) is 26.0 Å².